The zero-order valence-electron chi connectivity index (χ0n) is 10.5. The van der Waals surface area contributed by atoms with Gasteiger partial charge in [0.15, 0.2) is 0 Å². The minimum absolute atomic E-state index is 0.829. The third-order valence-electron chi connectivity index (χ3n) is 4.69. The Hall–Kier alpha value is -0.0400. The molecule has 0 heterocycles. The van der Waals surface area contributed by atoms with E-state index in [9.17, 15) is 0 Å². The molecule has 2 fully saturated rings. The Bertz CT molecular complexity index is 178. The fourth-order valence-corrected chi connectivity index (χ4v) is 3.26. The molecule has 2 aliphatic carbocycles. The van der Waals surface area contributed by atoms with Gasteiger partial charge in [0.2, 0.25) is 0 Å². The summed E-state index contributed by atoms with van der Waals surface area (Å²) in [5, 5.41) is 3.58. The molecule has 0 amide bonds. The van der Waals surface area contributed by atoms with Crippen molar-refractivity contribution in [1.82, 2.24) is 5.32 Å². The second-order valence-corrected chi connectivity index (χ2v) is 5.76. The van der Waals surface area contributed by atoms with Crippen molar-refractivity contribution in [2.45, 2.75) is 64.3 Å². The second-order valence-electron chi connectivity index (χ2n) is 5.76. The summed E-state index contributed by atoms with van der Waals surface area (Å²) < 4.78 is 0. The third-order valence-corrected chi connectivity index (χ3v) is 4.69. The normalized spacial score (nSPS) is 34.0. The van der Waals surface area contributed by atoms with Gasteiger partial charge < -0.3 is 5.32 Å². The van der Waals surface area contributed by atoms with Crippen molar-refractivity contribution in [3.8, 4) is 0 Å². The lowest BCUT2D eigenvalue weighted by Crippen LogP contribution is -2.36. The van der Waals surface area contributed by atoms with Crippen LogP contribution < -0.4 is 5.32 Å². The van der Waals surface area contributed by atoms with Gasteiger partial charge in [0.25, 0.3) is 0 Å². The summed E-state index contributed by atoms with van der Waals surface area (Å²) in [4.78, 5) is 0. The summed E-state index contributed by atoms with van der Waals surface area (Å²) in [6.45, 7) is 2.35. The predicted molar refractivity (Wildman–Crippen MR) is 65.9 cm³/mol. The van der Waals surface area contributed by atoms with E-state index in [1.165, 1.54) is 51.4 Å². The minimum atomic E-state index is 0.829. The van der Waals surface area contributed by atoms with Gasteiger partial charge in [-0.3, -0.25) is 0 Å². The van der Waals surface area contributed by atoms with Crippen LogP contribution in [0, 0.1) is 17.8 Å². The quantitative estimate of drug-likeness (QED) is 0.729. The van der Waals surface area contributed by atoms with Crippen molar-refractivity contribution in [1.29, 1.82) is 0 Å². The summed E-state index contributed by atoms with van der Waals surface area (Å²) in [6, 6.07) is 0.829. The van der Waals surface area contributed by atoms with Crippen molar-refractivity contribution in [3.05, 3.63) is 0 Å². The Morgan fingerprint density at radius 2 is 1.60 bits per heavy atom. The fraction of sp³-hybridized carbons (Fsp3) is 1.00. The molecule has 1 nitrogen and oxygen atoms in total. The summed E-state index contributed by atoms with van der Waals surface area (Å²) in [6.07, 6.45) is 11.8. The first-order valence-electron chi connectivity index (χ1n) is 7.00. The van der Waals surface area contributed by atoms with E-state index in [0.717, 1.165) is 23.8 Å². The molecule has 1 unspecified atom stereocenters. The molecule has 2 saturated carbocycles. The molecule has 0 bridgehead atoms. The van der Waals surface area contributed by atoms with Gasteiger partial charge in [-0.05, 0) is 44.1 Å². The third kappa shape index (κ3) is 3.21. The van der Waals surface area contributed by atoms with Crippen LogP contribution in [0.2, 0.25) is 0 Å². The van der Waals surface area contributed by atoms with E-state index >= 15 is 0 Å². The average molecular weight is 209 g/mol. The lowest BCUT2D eigenvalue weighted by Gasteiger charge is -2.33. The van der Waals surface area contributed by atoms with E-state index in [0.29, 0.717) is 0 Å². The number of hydrogen-bond donors (Lipinski definition) is 1. The van der Waals surface area contributed by atoms with Gasteiger partial charge >= 0.3 is 0 Å². The van der Waals surface area contributed by atoms with Gasteiger partial charge in [0.05, 0.1) is 0 Å². The van der Waals surface area contributed by atoms with Crippen LogP contribution >= 0.6 is 0 Å². The lowest BCUT2D eigenvalue weighted by molar-refractivity contribution is 0.212. The van der Waals surface area contributed by atoms with Gasteiger partial charge in [0.1, 0.15) is 0 Å². The Morgan fingerprint density at radius 1 is 1.00 bits per heavy atom. The molecule has 0 radical (unpaired) electrons. The topological polar surface area (TPSA) is 12.0 Å². The molecule has 0 spiro atoms. The largest absolute Gasteiger partial charge is 0.317 e. The van der Waals surface area contributed by atoms with E-state index in [4.69, 9.17) is 0 Å². The van der Waals surface area contributed by atoms with Crippen LogP contribution in [-0.2, 0) is 0 Å². The van der Waals surface area contributed by atoms with Gasteiger partial charge in [0, 0.05) is 6.04 Å². The first-order valence-corrected chi connectivity index (χ1v) is 7.00. The van der Waals surface area contributed by atoms with E-state index in [-0.39, 0.29) is 0 Å². The van der Waals surface area contributed by atoms with Crippen LogP contribution in [0.1, 0.15) is 58.3 Å². The number of rotatable bonds is 5. The molecule has 0 aromatic heterocycles. The van der Waals surface area contributed by atoms with Crippen LogP contribution in [0.5, 0.6) is 0 Å². The predicted octanol–water partition coefficient (Wildman–Crippen LogP) is 3.59. The van der Waals surface area contributed by atoms with Crippen molar-refractivity contribution >= 4 is 0 Å². The lowest BCUT2D eigenvalue weighted by atomic mass is 9.76. The molecule has 1 heteroatoms. The summed E-state index contributed by atoms with van der Waals surface area (Å²) in [7, 11) is 2.17. The van der Waals surface area contributed by atoms with Gasteiger partial charge in [-0.1, -0.05) is 39.0 Å². The highest BCUT2D eigenvalue weighted by atomic mass is 14.9. The van der Waals surface area contributed by atoms with Crippen LogP contribution in [0.4, 0.5) is 0 Å². The Balaban J connectivity index is 1.76. The van der Waals surface area contributed by atoms with E-state index in [2.05, 4.69) is 19.3 Å². The van der Waals surface area contributed by atoms with Crippen molar-refractivity contribution in [2.75, 3.05) is 7.05 Å². The molecule has 0 aromatic carbocycles. The van der Waals surface area contributed by atoms with Gasteiger partial charge in [-0.25, -0.2) is 0 Å². The smallest absolute Gasteiger partial charge is 0.00949 e. The maximum Gasteiger partial charge on any atom is 0.00949 e. The highest BCUT2D eigenvalue weighted by molar-refractivity contribution is 4.86. The van der Waals surface area contributed by atoms with E-state index in [1.807, 2.05) is 0 Å². The summed E-state index contributed by atoms with van der Waals surface area (Å²) in [5.74, 6) is 3.10. The number of hydrogen-bond acceptors (Lipinski definition) is 1. The summed E-state index contributed by atoms with van der Waals surface area (Å²) >= 11 is 0. The first-order chi connectivity index (χ1) is 7.33. The first kappa shape index (κ1) is 11.4. The highest BCUT2D eigenvalue weighted by Crippen LogP contribution is 2.39. The number of nitrogens with one attached hydrogen (secondary N) is 1. The average Bonchev–Trinajstić information content (AvgIpc) is 3.10. The zero-order valence-corrected chi connectivity index (χ0v) is 10.5. The van der Waals surface area contributed by atoms with Crippen LogP contribution in [0.3, 0.4) is 0 Å². The second kappa shape index (κ2) is 5.34. The molecule has 88 valence electrons. The monoisotopic (exact) mass is 209 g/mol. The Kier molecular flexibility index (Phi) is 4.07. The molecular formula is C14H27N. The molecule has 1 N–H and O–H groups in total. The Labute approximate surface area is 95.0 Å². The zero-order chi connectivity index (χ0) is 10.7. The van der Waals surface area contributed by atoms with Crippen molar-refractivity contribution < 1.29 is 0 Å². The molecular weight excluding hydrogens is 182 g/mol. The van der Waals surface area contributed by atoms with Crippen molar-refractivity contribution in [2.24, 2.45) is 17.8 Å². The van der Waals surface area contributed by atoms with Crippen LogP contribution in [0.25, 0.3) is 0 Å². The maximum absolute atomic E-state index is 3.58. The SMILES string of the molecule is CCC1CCC(C(CC2CC2)NC)CC1. The Morgan fingerprint density at radius 3 is 2.07 bits per heavy atom. The maximum atomic E-state index is 3.58. The standard InChI is InChI=1S/C14H27N/c1-3-11-6-8-13(9-7-11)14(15-2)10-12-4-5-12/h11-15H,3-10H2,1-2H3. The highest BCUT2D eigenvalue weighted by Gasteiger charge is 2.31. The summed E-state index contributed by atoms with van der Waals surface area (Å²) in [5.41, 5.74) is 0. The molecule has 0 aromatic rings. The van der Waals surface area contributed by atoms with Crippen LogP contribution in [0.15, 0.2) is 0 Å². The van der Waals surface area contributed by atoms with E-state index < -0.39 is 0 Å². The van der Waals surface area contributed by atoms with Crippen molar-refractivity contribution in [3.63, 3.8) is 0 Å². The fourth-order valence-electron chi connectivity index (χ4n) is 3.26. The van der Waals surface area contributed by atoms with Crippen LogP contribution in [-0.4, -0.2) is 13.1 Å². The van der Waals surface area contributed by atoms with Gasteiger partial charge in [-0.2, -0.15) is 0 Å². The molecule has 2 rings (SSSR count). The van der Waals surface area contributed by atoms with E-state index in [1.54, 1.807) is 0 Å². The molecule has 2 aliphatic rings. The molecule has 0 saturated heterocycles. The van der Waals surface area contributed by atoms with Gasteiger partial charge in [-0.15, -0.1) is 0 Å². The molecule has 15 heavy (non-hydrogen) atoms. The minimum Gasteiger partial charge on any atom is -0.317 e. The molecule has 1 atom stereocenters. The molecule has 0 aliphatic heterocycles.